The van der Waals surface area contributed by atoms with Gasteiger partial charge in [-0.25, -0.2) is 0 Å². The van der Waals surface area contributed by atoms with Crippen molar-refractivity contribution in [3.63, 3.8) is 0 Å². The molecule has 1 fully saturated rings. The summed E-state index contributed by atoms with van der Waals surface area (Å²) in [6.07, 6.45) is -5.12. The van der Waals surface area contributed by atoms with Crippen LogP contribution in [0.5, 0.6) is 17.2 Å². The van der Waals surface area contributed by atoms with E-state index >= 15 is 0 Å². The van der Waals surface area contributed by atoms with E-state index in [-0.39, 0.29) is 34.4 Å². The molecular formula is C27H29NO11. The van der Waals surface area contributed by atoms with Crippen LogP contribution in [0.1, 0.15) is 68.8 Å². The summed E-state index contributed by atoms with van der Waals surface area (Å²) in [4.78, 5) is 39.7. The van der Waals surface area contributed by atoms with Crippen LogP contribution in [0.25, 0.3) is 0 Å². The first-order valence-electron chi connectivity index (χ1n) is 12.4. The number of fused-ring (bicyclic) bond motifs is 3. The molecule has 6 atom stereocenters. The quantitative estimate of drug-likeness (QED) is 0.235. The number of aliphatic hydroxyl groups excluding tert-OH is 2. The number of benzene rings is 2. The van der Waals surface area contributed by atoms with Gasteiger partial charge in [-0.3, -0.25) is 14.4 Å². The zero-order chi connectivity index (χ0) is 28.4. The molecule has 3 unspecified atom stereocenters. The van der Waals surface area contributed by atoms with Crippen molar-refractivity contribution in [2.45, 2.75) is 62.4 Å². The number of phenolic OH excluding ortho intramolecular Hbond substituents is 2. The molecule has 0 bridgehead atoms. The molecule has 3 aliphatic rings. The number of nitrogens with two attached hydrogens (primary N) is 1. The number of rotatable bonds is 5. The third-order valence-electron chi connectivity index (χ3n) is 7.81. The van der Waals surface area contributed by atoms with E-state index in [2.05, 4.69) is 0 Å². The summed E-state index contributed by atoms with van der Waals surface area (Å²) in [7, 11) is 1.32. The number of Topliss-reactive ketones (excluding diaryl/α,β-unsaturated/α-hetero) is 1. The van der Waals surface area contributed by atoms with Gasteiger partial charge in [0.05, 0.1) is 42.1 Å². The molecule has 2 aromatic rings. The van der Waals surface area contributed by atoms with Gasteiger partial charge in [-0.15, -0.1) is 0 Å². The van der Waals surface area contributed by atoms with Crippen molar-refractivity contribution in [2.24, 2.45) is 5.73 Å². The van der Waals surface area contributed by atoms with E-state index in [1.807, 2.05) is 0 Å². The summed E-state index contributed by atoms with van der Waals surface area (Å²) >= 11 is 0. The average molecular weight is 544 g/mol. The van der Waals surface area contributed by atoms with Crippen molar-refractivity contribution in [3.05, 3.63) is 51.6 Å². The molecule has 12 heteroatoms. The van der Waals surface area contributed by atoms with Gasteiger partial charge in [0.25, 0.3) is 0 Å². The van der Waals surface area contributed by atoms with E-state index in [9.17, 15) is 39.9 Å². The lowest BCUT2D eigenvalue weighted by molar-refractivity contribution is -0.247. The van der Waals surface area contributed by atoms with Gasteiger partial charge in [-0.05, 0) is 13.0 Å². The molecule has 0 radical (unpaired) electrons. The van der Waals surface area contributed by atoms with Crippen LogP contribution in [0.3, 0.4) is 0 Å². The van der Waals surface area contributed by atoms with Crippen LogP contribution in [-0.4, -0.2) is 86.7 Å². The number of ether oxygens (including phenoxy) is 3. The van der Waals surface area contributed by atoms with E-state index in [1.54, 1.807) is 6.92 Å². The van der Waals surface area contributed by atoms with Crippen LogP contribution in [0.4, 0.5) is 0 Å². The van der Waals surface area contributed by atoms with E-state index < -0.39 is 95.7 Å². The van der Waals surface area contributed by atoms with Gasteiger partial charge < -0.3 is 45.5 Å². The Labute approximate surface area is 222 Å². The van der Waals surface area contributed by atoms with Gasteiger partial charge in [0.2, 0.25) is 5.78 Å². The minimum atomic E-state index is -2.24. The number of hydrogen-bond donors (Lipinski definition) is 6. The Morgan fingerprint density at radius 1 is 1.15 bits per heavy atom. The highest BCUT2D eigenvalue weighted by molar-refractivity contribution is 6.31. The molecular weight excluding hydrogens is 514 g/mol. The first kappa shape index (κ1) is 27.2. The highest BCUT2D eigenvalue weighted by atomic mass is 16.7. The second kappa shape index (κ2) is 9.66. The van der Waals surface area contributed by atoms with Gasteiger partial charge in [0.15, 0.2) is 17.9 Å². The van der Waals surface area contributed by atoms with Crippen molar-refractivity contribution in [1.29, 1.82) is 0 Å². The molecule has 0 spiro atoms. The lowest BCUT2D eigenvalue weighted by atomic mass is 9.72. The van der Waals surface area contributed by atoms with Crippen molar-refractivity contribution in [1.82, 2.24) is 0 Å². The van der Waals surface area contributed by atoms with E-state index in [0.717, 1.165) is 0 Å². The maximum atomic E-state index is 13.6. The molecule has 2 aliphatic carbocycles. The number of hydrogen-bond acceptors (Lipinski definition) is 12. The highest BCUT2D eigenvalue weighted by Crippen LogP contribution is 2.52. The van der Waals surface area contributed by atoms with Crippen molar-refractivity contribution in [2.75, 3.05) is 13.7 Å². The maximum Gasteiger partial charge on any atom is 0.202 e. The Bertz CT molecular complexity index is 1380. The highest BCUT2D eigenvalue weighted by Gasteiger charge is 2.50. The lowest BCUT2D eigenvalue weighted by Crippen LogP contribution is -2.53. The fraction of sp³-hybridized carbons (Fsp3) is 0.444. The zero-order valence-corrected chi connectivity index (χ0v) is 21.2. The minimum Gasteiger partial charge on any atom is -0.507 e. The number of carbonyl (C=O) groups excluding carboxylic acids is 3. The Morgan fingerprint density at radius 2 is 1.85 bits per heavy atom. The summed E-state index contributed by atoms with van der Waals surface area (Å²) in [5, 5.41) is 53.7. The normalized spacial score (nSPS) is 29.8. The maximum absolute atomic E-state index is 13.6. The number of carbonyl (C=O) groups is 3. The standard InChI is InChI=1S/C27H29NO11/c1-10-22(31)13(28)6-17(38-10)39-15-8-27(36,16(30)9-29)7-12-19(15)26(35)21-20(24(12)33)23(32)11-4-3-5-14(37-2)18(11)25(21)34/h3-5,10,13,15,17,22,29,31,33,35-36H,6-9,28H2,1-2H3/t10-,13?,15?,17-,22?,27-/m0/s1. The van der Waals surface area contributed by atoms with Crippen molar-refractivity contribution in [3.8, 4) is 17.2 Å². The molecule has 208 valence electrons. The topological polar surface area (TPSA) is 206 Å². The molecule has 1 aliphatic heterocycles. The van der Waals surface area contributed by atoms with Crippen molar-refractivity contribution >= 4 is 17.3 Å². The number of aromatic hydroxyl groups is 2. The van der Waals surface area contributed by atoms with Crippen LogP contribution in [0.2, 0.25) is 0 Å². The van der Waals surface area contributed by atoms with Gasteiger partial charge in [0.1, 0.15) is 29.5 Å². The van der Waals surface area contributed by atoms with Crippen LogP contribution in [0, 0.1) is 0 Å². The monoisotopic (exact) mass is 543 g/mol. The third kappa shape index (κ3) is 4.11. The molecule has 0 saturated carbocycles. The fourth-order valence-corrected chi connectivity index (χ4v) is 5.75. The fourth-order valence-electron chi connectivity index (χ4n) is 5.75. The average Bonchev–Trinajstić information content (AvgIpc) is 2.90. The van der Waals surface area contributed by atoms with Gasteiger partial charge >= 0.3 is 0 Å². The smallest absolute Gasteiger partial charge is 0.202 e. The van der Waals surface area contributed by atoms with Gasteiger partial charge in [-0.2, -0.15) is 0 Å². The molecule has 2 aromatic carbocycles. The Hall–Kier alpha value is -3.39. The molecule has 1 saturated heterocycles. The summed E-state index contributed by atoms with van der Waals surface area (Å²) in [6, 6.07) is 3.64. The van der Waals surface area contributed by atoms with Crippen LogP contribution < -0.4 is 10.5 Å². The SMILES string of the molecule is COc1cccc2c1C(=O)c1c(O)c3c(c(O)c1C2=O)C[C@@](O)(C(=O)CO)CC3O[C@H]1CC(N)C(O)[C@H](C)O1. The number of phenols is 2. The Morgan fingerprint density at radius 3 is 2.49 bits per heavy atom. The lowest BCUT2D eigenvalue weighted by Gasteiger charge is -2.42. The molecule has 0 aromatic heterocycles. The van der Waals surface area contributed by atoms with E-state index in [1.165, 1.54) is 25.3 Å². The minimum absolute atomic E-state index is 0.0173. The summed E-state index contributed by atoms with van der Waals surface area (Å²) in [5.41, 5.74) is 2.37. The Balaban J connectivity index is 1.69. The van der Waals surface area contributed by atoms with Crippen LogP contribution in [-0.2, 0) is 20.7 Å². The molecule has 7 N–H and O–H groups in total. The third-order valence-corrected chi connectivity index (χ3v) is 7.81. The van der Waals surface area contributed by atoms with Gasteiger partial charge in [0, 0.05) is 42.0 Å². The van der Waals surface area contributed by atoms with Crippen LogP contribution in [0.15, 0.2) is 18.2 Å². The largest absolute Gasteiger partial charge is 0.507 e. The van der Waals surface area contributed by atoms with Gasteiger partial charge in [-0.1, -0.05) is 12.1 Å². The van der Waals surface area contributed by atoms with Crippen molar-refractivity contribution < 1.29 is 54.1 Å². The van der Waals surface area contributed by atoms with Crippen LogP contribution >= 0.6 is 0 Å². The number of aliphatic hydroxyl groups is 3. The number of ketones is 3. The predicted molar refractivity (Wildman–Crippen MR) is 132 cm³/mol. The Kier molecular flexibility index (Phi) is 6.74. The molecule has 5 rings (SSSR count). The summed E-state index contributed by atoms with van der Waals surface area (Å²) in [6.45, 7) is 0.560. The first-order chi connectivity index (χ1) is 18.4. The van der Waals surface area contributed by atoms with E-state index in [0.29, 0.717) is 0 Å². The number of methoxy groups -OCH3 is 1. The molecule has 12 nitrogen and oxygen atoms in total. The summed E-state index contributed by atoms with van der Waals surface area (Å²) < 4.78 is 17.0. The summed E-state index contributed by atoms with van der Waals surface area (Å²) in [5.74, 6) is -3.77. The van der Waals surface area contributed by atoms with E-state index in [4.69, 9.17) is 19.9 Å². The predicted octanol–water partition coefficient (Wildman–Crippen LogP) is 0.00130. The molecule has 39 heavy (non-hydrogen) atoms. The first-order valence-corrected chi connectivity index (χ1v) is 12.4. The second-order valence-electron chi connectivity index (χ2n) is 10.2. The zero-order valence-electron chi connectivity index (χ0n) is 21.2. The molecule has 1 heterocycles. The second-order valence-corrected chi connectivity index (χ2v) is 10.2. The molecule has 0 amide bonds.